The first-order chi connectivity index (χ1) is 22.4. The Balaban J connectivity index is 1.79. The standard InChI is InChI=1S/C34H49F4N2O6P/c1-2-3-4-5-6-7-8-9-10-11-12-13-14-15-33(41)40-28(24-32(35)47(42,43)44)22-27-16-18-30(19-17-27)45-25-29-23-31(20-21-39-29)46-26-34(36,37)38/h16-21,23-24,28H,2-15,22,25-26H2,1H3,(H,40,41)(H2,42,43,44)/b32-24+/t28-/m1/s1. The molecular formula is C34H49F4N2O6P. The van der Waals surface area contributed by atoms with Crippen LogP contribution in [0.25, 0.3) is 0 Å². The highest BCUT2D eigenvalue weighted by Gasteiger charge is 2.28. The van der Waals surface area contributed by atoms with Gasteiger partial charge in [0, 0.05) is 18.7 Å². The quantitative estimate of drug-likeness (QED) is 0.0572. The van der Waals surface area contributed by atoms with Crippen LogP contribution < -0.4 is 14.8 Å². The van der Waals surface area contributed by atoms with Crippen LogP contribution >= 0.6 is 7.60 Å². The van der Waals surface area contributed by atoms with Crippen LogP contribution in [0.3, 0.4) is 0 Å². The number of nitrogens with zero attached hydrogens (tertiary/aromatic N) is 1. The zero-order chi connectivity index (χ0) is 34.5. The number of ether oxygens (including phenoxy) is 2. The second kappa shape index (κ2) is 21.8. The number of hydrogen-bond acceptors (Lipinski definition) is 5. The molecule has 2 aromatic rings. The van der Waals surface area contributed by atoms with Gasteiger partial charge >= 0.3 is 13.8 Å². The lowest BCUT2D eigenvalue weighted by molar-refractivity contribution is -0.153. The van der Waals surface area contributed by atoms with Gasteiger partial charge in [-0.3, -0.25) is 14.3 Å². The van der Waals surface area contributed by atoms with Crippen LogP contribution in [0.2, 0.25) is 0 Å². The fourth-order valence-corrected chi connectivity index (χ4v) is 5.29. The van der Waals surface area contributed by atoms with Crippen LogP contribution in [0.4, 0.5) is 17.6 Å². The van der Waals surface area contributed by atoms with Gasteiger partial charge < -0.3 is 24.6 Å². The van der Waals surface area contributed by atoms with Crippen LogP contribution in [0.1, 0.15) is 108 Å². The van der Waals surface area contributed by atoms with Crippen molar-refractivity contribution in [2.75, 3.05) is 6.61 Å². The first-order valence-electron chi connectivity index (χ1n) is 16.4. The molecular weight excluding hydrogens is 639 g/mol. The topological polar surface area (TPSA) is 118 Å². The molecule has 0 radical (unpaired) electrons. The summed E-state index contributed by atoms with van der Waals surface area (Å²) in [7, 11) is -5.12. The van der Waals surface area contributed by atoms with Crippen LogP contribution in [0.15, 0.2) is 54.2 Å². The normalized spacial score (nSPS) is 13.0. The first kappa shape index (κ1) is 40.2. The summed E-state index contributed by atoms with van der Waals surface area (Å²) in [4.78, 5) is 35.1. The van der Waals surface area contributed by atoms with Crippen LogP contribution in [-0.4, -0.2) is 39.5 Å². The number of hydrogen-bond donors (Lipinski definition) is 3. The van der Waals surface area contributed by atoms with E-state index < -0.39 is 32.0 Å². The van der Waals surface area contributed by atoms with Crippen LogP contribution in [0.5, 0.6) is 11.5 Å². The number of halogens is 4. The Morgan fingerprint density at radius 1 is 0.894 bits per heavy atom. The summed E-state index contributed by atoms with van der Waals surface area (Å²) in [5.41, 5.74) is -0.630. The fourth-order valence-electron chi connectivity index (χ4n) is 4.92. The van der Waals surface area contributed by atoms with Crippen molar-refractivity contribution >= 4 is 13.5 Å². The van der Waals surface area contributed by atoms with Crippen molar-refractivity contribution in [1.29, 1.82) is 0 Å². The van der Waals surface area contributed by atoms with Crippen LogP contribution in [0, 0.1) is 0 Å². The molecule has 0 aliphatic carbocycles. The number of aromatic nitrogens is 1. The molecule has 0 aliphatic heterocycles. The van der Waals surface area contributed by atoms with Crippen molar-refractivity contribution in [2.45, 2.75) is 122 Å². The molecule has 8 nitrogen and oxygen atoms in total. The summed E-state index contributed by atoms with van der Waals surface area (Å²) in [6.07, 6.45) is 13.1. The third kappa shape index (κ3) is 19.5. The van der Waals surface area contributed by atoms with Crippen molar-refractivity contribution in [1.82, 2.24) is 10.3 Å². The van der Waals surface area contributed by atoms with Gasteiger partial charge in [0.2, 0.25) is 11.5 Å². The number of carbonyl (C=O) groups is 1. The highest BCUT2D eigenvalue weighted by Crippen LogP contribution is 2.45. The Hall–Kier alpha value is -2.95. The first-order valence-corrected chi connectivity index (χ1v) is 18.1. The third-order valence-electron chi connectivity index (χ3n) is 7.43. The Bertz CT molecular complexity index is 1250. The van der Waals surface area contributed by atoms with E-state index in [4.69, 9.17) is 9.47 Å². The molecule has 0 spiro atoms. The lowest BCUT2D eigenvalue weighted by Crippen LogP contribution is -2.35. The molecule has 1 heterocycles. The summed E-state index contributed by atoms with van der Waals surface area (Å²) in [5.74, 6) is 0.0860. The second-order valence-corrected chi connectivity index (χ2v) is 13.2. The summed E-state index contributed by atoms with van der Waals surface area (Å²) in [6.45, 7) is 0.752. The maximum absolute atomic E-state index is 14.2. The van der Waals surface area contributed by atoms with Gasteiger partial charge in [-0.05, 0) is 42.7 Å². The highest BCUT2D eigenvalue weighted by molar-refractivity contribution is 7.56. The van der Waals surface area contributed by atoms with E-state index in [9.17, 15) is 36.7 Å². The van der Waals surface area contributed by atoms with E-state index in [1.54, 1.807) is 24.3 Å². The average molecular weight is 689 g/mol. The molecule has 2 rings (SSSR count). The molecule has 0 bridgehead atoms. The molecule has 1 amide bonds. The number of nitrogens with one attached hydrogen (secondary N) is 1. The number of amides is 1. The SMILES string of the molecule is CCCCCCCCCCCCCCCC(=O)N[C@@H](/C=C(\F)P(=O)(O)O)Cc1ccc(OCc2cc(OCC(F)(F)F)ccn2)cc1. The van der Waals surface area contributed by atoms with Gasteiger partial charge in [0.15, 0.2) is 6.61 Å². The van der Waals surface area contributed by atoms with E-state index in [1.165, 1.54) is 76.1 Å². The molecule has 1 aromatic heterocycles. The Morgan fingerprint density at radius 3 is 2.02 bits per heavy atom. The minimum atomic E-state index is -5.12. The van der Waals surface area contributed by atoms with Gasteiger partial charge in [0.1, 0.15) is 18.1 Å². The lowest BCUT2D eigenvalue weighted by Gasteiger charge is -2.17. The van der Waals surface area contributed by atoms with E-state index in [2.05, 4.69) is 17.2 Å². The summed E-state index contributed by atoms with van der Waals surface area (Å²) < 4.78 is 73.2. The number of pyridine rings is 1. The molecule has 47 heavy (non-hydrogen) atoms. The number of rotatable bonds is 24. The lowest BCUT2D eigenvalue weighted by atomic mass is 10.0. The number of benzene rings is 1. The maximum atomic E-state index is 14.2. The van der Waals surface area contributed by atoms with E-state index >= 15 is 0 Å². The van der Waals surface area contributed by atoms with Gasteiger partial charge in [-0.25, -0.2) is 0 Å². The number of carbonyl (C=O) groups excluding carboxylic acids is 1. The third-order valence-corrected chi connectivity index (χ3v) is 8.13. The Kier molecular flexibility index (Phi) is 18.7. The highest BCUT2D eigenvalue weighted by atomic mass is 31.2. The average Bonchev–Trinajstić information content (AvgIpc) is 3.01. The molecule has 0 saturated heterocycles. The molecule has 264 valence electrons. The van der Waals surface area contributed by atoms with Crippen molar-refractivity contribution < 1.29 is 46.2 Å². The second-order valence-electron chi connectivity index (χ2n) is 11.7. The maximum Gasteiger partial charge on any atom is 0.422 e. The largest absolute Gasteiger partial charge is 0.487 e. The van der Waals surface area contributed by atoms with Crippen LogP contribution in [-0.2, 0) is 22.4 Å². The number of alkyl halides is 3. The van der Waals surface area contributed by atoms with E-state index in [0.29, 0.717) is 23.4 Å². The predicted octanol–water partition coefficient (Wildman–Crippen LogP) is 9.10. The summed E-state index contributed by atoms with van der Waals surface area (Å²) in [6, 6.07) is 8.17. The van der Waals surface area contributed by atoms with Crippen molar-refractivity contribution in [3.05, 3.63) is 65.5 Å². The molecule has 1 atom stereocenters. The Labute approximate surface area is 275 Å². The van der Waals surface area contributed by atoms with E-state index in [1.807, 2.05) is 0 Å². The van der Waals surface area contributed by atoms with E-state index in [0.717, 1.165) is 25.3 Å². The minimum Gasteiger partial charge on any atom is -0.487 e. The zero-order valence-electron chi connectivity index (χ0n) is 27.2. The fraction of sp³-hybridized carbons (Fsp3) is 0.588. The van der Waals surface area contributed by atoms with Gasteiger partial charge in [0.25, 0.3) is 0 Å². The van der Waals surface area contributed by atoms with Gasteiger partial charge in [-0.2, -0.15) is 17.6 Å². The molecule has 0 unspecified atom stereocenters. The molecule has 1 aromatic carbocycles. The Morgan fingerprint density at radius 2 is 1.47 bits per heavy atom. The van der Waals surface area contributed by atoms with Gasteiger partial charge in [-0.15, -0.1) is 0 Å². The van der Waals surface area contributed by atoms with Crippen molar-refractivity contribution in [3.63, 3.8) is 0 Å². The molecule has 3 N–H and O–H groups in total. The van der Waals surface area contributed by atoms with Gasteiger partial charge in [-0.1, -0.05) is 96.1 Å². The molecule has 0 saturated carbocycles. The summed E-state index contributed by atoms with van der Waals surface area (Å²) >= 11 is 0. The van der Waals surface area contributed by atoms with Gasteiger partial charge in [0.05, 0.1) is 11.7 Å². The molecule has 0 fully saturated rings. The zero-order valence-corrected chi connectivity index (χ0v) is 28.0. The predicted molar refractivity (Wildman–Crippen MR) is 174 cm³/mol. The molecule has 0 aliphatic rings. The minimum absolute atomic E-state index is 0.00374. The smallest absolute Gasteiger partial charge is 0.422 e. The van der Waals surface area contributed by atoms with Crippen molar-refractivity contribution in [3.8, 4) is 11.5 Å². The number of unbranched alkanes of at least 4 members (excludes halogenated alkanes) is 12. The summed E-state index contributed by atoms with van der Waals surface area (Å²) in [5, 5.41) is 2.68. The molecule has 13 heteroatoms. The van der Waals surface area contributed by atoms with E-state index in [-0.39, 0.29) is 31.1 Å². The van der Waals surface area contributed by atoms with Crippen molar-refractivity contribution in [2.24, 2.45) is 0 Å². The monoisotopic (exact) mass is 688 g/mol.